The van der Waals surface area contributed by atoms with Crippen molar-refractivity contribution >= 4 is 11.9 Å². The third kappa shape index (κ3) is 2.98. The average Bonchev–Trinajstić information content (AvgIpc) is 2.85. The van der Waals surface area contributed by atoms with Crippen molar-refractivity contribution in [2.75, 3.05) is 31.4 Å². The summed E-state index contributed by atoms with van der Waals surface area (Å²) < 4.78 is 2.08. The maximum atomic E-state index is 4.44. The highest BCUT2D eigenvalue weighted by atomic mass is 15.3. The number of hydrogen-bond acceptors (Lipinski definition) is 6. The molecule has 0 radical (unpaired) electrons. The number of nitrogens with one attached hydrogen (secondary N) is 1. The molecule has 0 saturated heterocycles. The lowest BCUT2D eigenvalue weighted by Crippen LogP contribution is -2.16. The van der Waals surface area contributed by atoms with Gasteiger partial charge >= 0.3 is 0 Å². The molecule has 0 spiro atoms. The van der Waals surface area contributed by atoms with Gasteiger partial charge in [0.2, 0.25) is 11.9 Å². The molecule has 0 atom stereocenters. The van der Waals surface area contributed by atoms with Gasteiger partial charge in [-0.1, -0.05) is 0 Å². The first-order chi connectivity index (χ1) is 9.13. The second-order valence-corrected chi connectivity index (χ2v) is 4.33. The van der Waals surface area contributed by atoms with E-state index in [2.05, 4.69) is 36.7 Å². The van der Waals surface area contributed by atoms with E-state index in [-0.39, 0.29) is 0 Å². The van der Waals surface area contributed by atoms with E-state index in [0.29, 0.717) is 24.1 Å². The Morgan fingerprint density at radius 2 is 2.05 bits per heavy atom. The number of anilines is 2. The van der Waals surface area contributed by atoms with Crippen LogP contribution in [0.1, 0.15) is 18.6 Å². The number of hydrogen-bond donors (Lipinski definition) is 1. The third-order valence-electron chi connectivity index (χ3n) is 2.75. The zero-order valence-corrected chi connectivity index (χ0v) is 11.8. The van der Waals surface area contributed by atoms with Crippen LogP contribution in [0.4, 0.5) is 11.9 Å². The molecule has 2 heterocycles. The predicted molar refractivity (Wildman–Crippen MR) is 74.4 cm³/mol. The molecule has 0 bridgehead atoms. The van der Waals surface area contributed by atoms with E-state index in [1.807, 2.05) is 25.2 Å². The molecular formula is C12H19N7. The molecule has 19 heavy (non-hydrogen) atoms. The zero-order valence-electron chi connectivity index (χ0n) is 11.8. The second kappa shape index (κ2) is 5.64. The molecule has 102 valence electrons. The molecule has 7 heteroatoms. The van der Waals surface area contributed by atoms with Gasteiger partial charge in [0, 0.05) is 40.1 Å². The number of aromatic nitrogens is 5. The Kier molecular flexibility index (Phi) is 3.94. The normalized spacial score (nSPS) is 10.5. The molecule has 0 saturated carbocycles. The van der Waals surface area contributed by atoms with E-state index in [9.17, 15) is 0 Å². The lowest BCUT2D eigenvalue weighted by atomic mass is 10.3. The zero-order chi connectivity index (χ0) is 13.8. The van der Waals surface area contributed by atoms with Gasteiger partial charge in [0.15, 0.2) is 0 Å². The number of nitrogens with zero attached hydrogens (tertiary/aromatic N) is 6. The molecule has 0 amide bonds. The highest BCUT2D eigenvalue weighted by molar-refractivity contribution is 5.35. The molecule has 0 aliphatic rings. The van der Waals surface area contributed by atoms with Crippen molar-refractivity contribution in [3.8, 4) is 0 Å². The maximum Gasteiger partial charge on any atom is 0.229 e. The number of rotatable bonds is 5. The summed E-state index contributed by atoms with van der Waals surface area (Å²) in [6, 6.07) is 0. The molecular weight excluding hydrogens is 242 g/mol. The Labute approximate surface area is 112 Å². The summed E-state index contributed by atoms with van der Waals surface area (Å²) in [5.41, 5.74) is 0. The molecule has 2 aromatic rings. The van der Waals surface area contributed by atoms with Crippen molar-refractivity contribution < 1.29 is 0 Å². The monoisotopic (exact) mass is 261 g/mol. The Hall–Kier alpha value is -2.18. The molecule has 2 aromatic heterocycles. The van der Waals surface area contributed by atoms with Crippen LogP contribution in [-0.4, -0.2) is 45.6 Å². The van der Waals surface area contributed by atoms with Crippen molar-refractivity contribution in [3.05, 3.63) is 24.0 Å². The summed E-state index contributed by atoms with van der Waals surface area (Å²) in [4.78, 5) is 19.3. The molecule has 7 nitrogen and oxygen atoms in total. The number of imidazole rings is 1. The van der Waals surface area contributed by atoms with E-state index in [1.54, 1.807) is 13.2 Å². The molecule has 2 rings (SSSR count). The van der Waals surface area contributed by atoms with Gasteiger partial charge in [-0.2, -0.15) is 15.0 Å². The van der Waals surface area contributed by atoms with Crippen LogP contribution in [0.3, 0.4) is 0 Å². The van der Waals surface area contributed by atoms with Crippen LogP contribution in [0.15, 0.2) is 12.4 Å². The standard InChI is InChI=1S/C12H19N7/c1-5-19-7-6-14-10(19)8-9-15-11(13-2)17-12(16-9)18(3)4/h6-7H,5,8H2,1-4H3,(H,13,15,16,17). The van der Waals surface area contributed by atoms with Gasteiger partial charge in [0.05, 0.1) is 6.42 Å². The summed E-state index contributed by atoms with van der Waals surface area (Å²) in [6.07, 6.45) is 4.35. The third-order valence-corrected chi connectivity index (χ3v) is 2.75. The largest absolute Gasteiger partial charge is 0.357 e. The first kappa shape index (κ1) is 13.3. The van der Waals surface area contributed by atoms with Crippen LogP contribution in [0.2, 0.25) is 0 Å². The van der Waals surface area contributed by atoms with Crippen molar-refractivity contribution in [1.82, 2.24) is 24.5 Å². The molecule has 0 aliphatic carbocycles. The minimum atomic E-state index is 0.573. The fraction of sp³-hybridized carbons (Fsp3) is 0.500. The predicted octanol–water partition coefficient (Wildman–Crippen LogP) is 0.786. The molecule has 0 unspecified atom stereocenters. The van der Waals surface area contributed by atoms with Crippen LogP contribution in [-0.2, 0) is 13.0 Å². The summed E-state index contributed by atoms with van der Waals surface area (Å²) in [5.74, 6) is 2.89. The van der Waals surface area contributed by atoms with Gasteiger partial charge in [-0.15, -0.1) is 0 Å². The van der Waals surface area contributed by atoms with Crippen LogP contribution in [0.5, 0.6) is 0 Å². The second-order valence-electron chi connectivity index (χ2n) is 4.33. The van der Waals surface area contributed by atoms with Crippen molar-refractivity contribution in [1.29, 1.82) is 0 Å². The first-order valence-electron chi connectivity index (χ1n) is 6.24. The maximum absolute atomic E-state index is 4.44. The lowest BCUT2D eigenvalue weighted by Gasteiger charge is -2.12. The summed E-state index contributed by atoms with van der Waals surface area (Å²) in [5, 5.41) is 2.95. The van der Waals surface area contributed by atoms with Crippen molar-refractivity contribution in [2.24, 2.45) is 0 Å². The SMILES string of the molecule is CCn1ccnc1Cc1nc(NC)nc(N(C)C)n1. The molecule has 0 aliphatic heterocycles. The quantitative estimate of drug-likeness (QED) is 0.858. The van der Waals surface area contributed by atoms with Gasteiger partial charge in [0.1, 0.15) is 11.6 Å². The Bertz CT molecular complexity index is 547. The minimum absolute atomic E-state index is 0.573. The molecule has 1 N–H and O–H groups in total. The molecule has 0 fully saturated rings. The fourth-order valence-electron chi connectivity index (χ4n) is 1.73. The van der Waals surface area contributed by atoms with Crippen LogP contribution in [0.25, 0.3) is 0 Å². The summed E-state index contributed by atoms with van der Waals surface area (Å²) in [6.45, 7) is 2.97. The van der Waals surface area contributed by atoms with Gasteiger partial charge < -0.3 is 14.8 Å². The first-order valence-corrected chi connectivity index (χ1v) is 6.24. The highest BCUT2D eigenvalue weighted by Gasteiger charge is 2.10. The fourth-order valence-corrected chi connectivity index (χ4v) is 1.73. The molecule has 0 aromatic carbocycles. The van der Waals surface area contributed by atoms with E-state index >= 15 is 0 Å². The van der Waals surface area contributed by atoms with Crippen LogP contribution >= 0.6 is 0 Å². The topological polar surface area (TPSA) is 71.8 Å². The average molecular weight is 261 g/mol. The Morgan fingerprint density at radius 3 is 2.68 bits per heavy atom. The van der Waals surface area contributed by atoms with Gasteiger partial charge in [0.25, 0.3) is 0 Å². The lowest BCUT2D eigenvalue weighted by molar-refractivity contribution is 0.701. The van der Waals surface area contributed by atoms with Crippen molar-refractivity contribution in [3.63, 3.8) is 0 Å². The van der Waals surface area contributed by atoms with Gasteiger partial charge in [-0.3, -0.25) is 0 Å². The van der Waals surface area contributed by atoms with E-state index in [1.165, 1.54) is 0 Å². The van der Waals surface area contributed by atoms with Gasteiger partial charge in [-0.05, 0) is 6.92 Å². The Morgan fingerprint density at radius 1 is 1.26 bits per heavy atom. The van der Waals surface area contributed by atoms with Gasteiger partial charge in [-0.25, -0.2) is 4.98 Å². The Balaban J connectivity index is 2.31. The summed E-state index contributed by atoms with van der Waals surface area (Å²) in [7, 11) is 5.61. The highest BCUT2D eigenvalue weighted by Crippen LogP contribution is 2.11. The van der Waals surface area contributed by atoms with Crippen LogP contribution in [0, 0.1) is 0 Å². The smallest absolute Gasteiger partial charge is 0.229 e. The van der Waals surface area contributed by atoms with E-state index in [0.717, 1.165) is 12.4 Å². The summed E-state index contributed by atoms with van der Waals surface area (Å²) >= 11 is 0. The minimum Gasteiger partial charge on any atom is -0.357 e. The van der Waals surface area contributed by atoms with Crippen molar-refractivity contribution in [2.45, 2.75) is 19.9 Å². The van der Waals surface area contributed by atoms with Crippen LogP contribution < -0.4 is 10.2 Å². The number of aryl methyl sites for hydroxylation is 1. The van der Waals surface area contributed by atoms with E-state index < -0.39 is 0 Å². The van der Waals surface area contributed by atoms with E-state index in [4.69, 9.17) is 0 Å².